The average molecular weight is 184 g/mol. The summed E-state index contributed by atoms with van der Waals surface area (Å²) in [6, 6.07) is 2.39. The van der Waals surface area contributed by atoms with Gasteiger partial charge in [-0.1, -0.05) is 20.8 Å². The Morgan fingerprint density at radius 1 is 1.15 bits per heavy atom. The Labute approximate surface area is 77.6 Å². The average Bonchev–Trinajstić information content (AvgIpc) is 2.07. The summed E-state index contributed by atoms with van der Waals surface area (Å²) >= 11 is 0. The van der Waals surface area contributed by atoms with E-state index >= 15 is 0 Å². The molecule has 0 bridgehead atoms. The Hall–Kier alpha value is -0.920. The molecule has 1 aromatic rings. The van der Waals surface area contributed by atoms with E-state index < -0.39 is 0 Å². The summed E-state index contributed by atoms with van der Waals surface area (Å²) in [6.45, 7) is 5.58. The maximum atomic E-state index is 13.3. The van der Waals surface area contributed by atoms with Crippen LogP contribution in [0.5, 0.6) is 0 Å². The van der Waals surface area contributed by atoms with E-state index in [-0.39, 0.29) is 17.6 Å². The third-order valence-corrected chi connectivity index (χ3v) is 2.18. The van der Waals surface area contributed by atoms with Crippen molar-refractivity contribution in [1.82, 2.24) is 0 Å². The first-order chi connectivity index (χ1) is 6.07. The second kappa shape index (κ2) is 3.86. The Bertz CT molecular complexity index is 303. The fourth-order valence-corrected chi connectivity index (χ4v) is 1.59. The zero-order valence-corrected chi connectivity index (χ0v) is 8.20. The molecule has 0 saturated heterocycles. The lowest BCUT2D eigenvalue weighted by molar-refractivity contribution is 0.562. The van der Waals surface area contributed by atoms with Crippen molar-refractivity contribution in [2.45, 2.75) is 33.1 Å². The largest absolute Gasteiger partial charge is 0.207 e. The summed E-state index contributed by atoms with van der Waals surface area (Å²) < 4.78 is 26.5. The number of benzene rings is 1. The molecule has 0 N–H and O–H groups in total. The van der Waals surface area contributed by atoms with Crippen LogP contribution >= 0.6 is 0 Å². The smallest absolute Gasteiger partial charge is 0.127 e. The third-order valence-electron chi connectivity index (χ3n) is 2.18. The van der Waals surface area contributed by atoms with Gasteiger partial charge in [-0.05, 0) is 35.6 Å². The molecule has 0 spiro atoms. The van der Waals surface area contributed by atoms with E-state index in [9.17, 15) is 8.78 Å². The van der Waals surface area contributed by atoms with E-state index in [0.717, 1.165) is 0 Å². The molecule has 0 aromatic heterocycles. The minimum Gasteiger partial charge on any atom is -0.207 e. The van der Waals surface area contributed by atoms with Crippen LogP contribution in [0.4, 0.5) is 8.78 Å². The molecule has 1 aromatic carbocycles. The zero-order valence-electron chi connectivity index (χ0n) is 8.20. The van der Waals surface area contributed by atoms with E-state index in [1.807, 2.05) is 20.8 Å². The fraction of sp³-hybridized carbons (Fsp3) is 0.455. The van der Waals surface area contributed by atoms with Crippen LogP contribution in [0.25, 0.3) is 0 Å². The molecule has 2 heteroatoms. The first-order valence-corrected chi connectivity index (χ1v) is 4.54. The summed E-state index contributed by atoms with van der Waals surface area (Å²) in [4.78, 5) is 0. The second-order valence-corrected chi connectivity index (χ2v) is 3.43. The first-order valence-electron chi connectivity index (χ1n) is 4.54. The van der Waals surface area contributed by atoms with Gasteiger partial charge in [-0.15, -0.1) is 0 Å². The molecule has 0 aliphatic heterocycles. The van der Waals surface area contributed by atoms with E-state index in [1.54, 1.807) is 0 Å². The second-order valence-electron chi connectivity index (χ2n) is 3.43. The van der Waals surface area contributed by atoms with Gasteiger partial charge in [0.25, 0.3) is 0 Å². The number of hydrogen-bond acceptors (Lipinski definition) is 0. The van der Waals surface area contributed by atoms with Gasteiger partial charge in [-0.2, -0.15) is 0 Å². The third kappa shape index (κ3) is 1.87. The van der Waals surface area contributed by atoms with E-state index in [0.29, 0.717) is 17.5 Å². The van der Waals surface area contributed by atoms with Gasteiger partial charge in [0.1, 0.15) is 11.6 Å². The predicted molar refractivity (Wildman–Crippen MR) is 49.8 cm³/mol. The van der Waals surface area contributed by atoms with Crippen LogP contribution in [-0.2, 0) is 6.42 Å². The highest BCUT2D eigenvalue weighted by atomic mass is 19.1. The molecule has 0 aliphatic rings. The van der Waals surface area contributed by atoms with Crippen molar-refractivity contribution in [2.24, 2.45) is 0 Å². The molecule has 13 heavy (non-hydrogen) atoms. The van der Waals surface area contributed by atoms with Crippen molar-refractivity contribution in [3.63, 3.8) is 0 Å². The molecule has 0 saturated carbocycles. The maximum absolute atomic E-state index is 13.3. The van der Waals surface area contributed by atoms with E-state index in [2.05, 4.69) is 0 Å². The molecule has 0 atom stereocenters. The van der Waals surface area contributed by atoms with Crippen LogP contribution < -0.4 is 0 Å². The molecule has 72 valence electrons. The van der Waals surface area contributed by atoms with E-state index in [1.165, 1.54) is 12.1 Å². The molecule has 0 nitrogen and oxygen atoms in total. The number of rotatable bonds is 2. The van der Waals surface area contributed by atoms with Crippen molar-refractivity contribution in [2.75, 3.05) is 0 Å². The van der Waals surface area contributed by atoms with Gasteiger partial charge in [-0.25, -0.2) is 8.78 Å². The minimum absolute atomic E-state index is 0.0330. The first kappa shape index (κ1) is 10.2. The summed E-state index contributed by atoms with van der Waals surface area (Å²) in [7, 11) is 0. The SMILES string of the molecule is CCc1c(F)ccc(F)c1C(C)C. The summed E-state index contributed by atoms with van der Waals surface area (Å²) in [5.74, 6) is -0.563. The van der Waals surface area contributed by atoms with Crippen LogP contribution in [0.2, 0.25) is 0 Å². The highest BCUT2D eigenvalue weighted by Crippen LogP contribution is 2.25. The van der Waals surface area contributed by atoms with Gasteiger partial charge in [0.15, 0.2) is 0 Å². The quantitative estimate of drug-likeness (QED) is 0.658. The summed E-state index contributed by atoms with van der Waals surface area (Å²) in [5, 5.41) is 0. The lowest BCUT2D eigenvalue weighted by Crippen LogP contribution is -2.02. The van der Waals surface area contributed by atoms with Gasteiger partial charge in [-0.3, -0.25) is 0 Å². The Morgan fingerprint density at radius 3 is 2.08 bits per heavy atom. The molecule has 0 fully saturated rings. The highest BCUT2D eigenvalue weighted by molar-refractivity contribution is 5.32. The van der Waals surface area contributed by atoms with Crippen LogP contribution in [0, 0.1) is 11.6 Å². The number of halogens is 2. The normalized spacial score (nSPS) is 10.9. The van der Waals surface area contributed by atoms with Crippen molar-refractivity contribution in [1.29, 1.82) is 0 Å². The van der Waals surface area contributed by atoms with Crippen LogP contribution in [-0.4, -0.2) is 0 Å². The molecule has 0 amide bonds. The Balaban J connectivity index is 3.35. The lowest BCUT2D eigenvalue weighted by atomic mass is 9.95. The fourth-order valence-electron chi connectivity index (χ4n) is 1.59. The standard InChI is InChI=1S/C11H14F2/c1-4-8-9(12)5-6-10(13)11(8)7(2)3/h5-7H,4H2,1-3H3. The molecule has 0 unspecified atom stereocenters. The molecular formula is C11H14F2. The topological polar surface area (TPSA) is 0 Å². The minimum atomic E-state index is -0.299. The zero-order chi connectivity index (χ0) is 10.0. The van der Waals surface area contributed by atoms with Gasteiger partial charge >= 0.3 is 0 Å². The Kier molecular flexibility index (Phi) is 3.02. The van der Waals surface area contributed by atoms with Gasteiger partial charge < -0.3 is 0 Å². The highest BCUT2D eigenvalue weighted by Gasteiger charge is 2.14. The van der Waals surface area contributed by atoms with Crippen molar-refractivity contribution < 1.29 is 8.78 Å². The number of hydrogen-bond donors (Lipinski definition) is 0. The Morgan fingerprint density at radius 2 is 1.69 bits per heavy atom. The maximum Gasteiger partial charge on any atom is 0.127 e. The summed E-state index contributed by atoms with van der Waals surface area (Å²) in [5.41, 5.74) is 1.03. The van der Waals surface area contributed by atoms with Crippen molar-refractivity contribution >= 4 is 0 Å². The van der Waals surface area contributed by atoms with Crippen molar-refractivity contribution in [3.8, 4) is 0 Å². The van der Waals surface area contributed by atoms with Crippen LogP contribution in [0.1, 0.15) is 37.8 Å². The van der Waals surface area contributed by atoms with Gasteiger partial charge in [0.2, 0.25) is 0 Å². The predicted octanol–water partition coefficient (Wildman–Crippen LogP) is 3.65. The summed E-state index contributed by atoms with van der Waals surface area (Å²) in [6.07, 6.45) is 0.539. The van der Waals surface area contributed by atoms with Gasteiger partial charge in [0, 0.05) is 0 Å². The van der Waals surface area contributed by atoms with Crippen LogP contribution in [0.15, 0.2) is 12.1 Å². The van der Waals surface area contributed by atoms with Crippen molar-refractivity contribution in [3.05, 3.63) is 34.9 Å². The van der Waals surface area contributed by atoms with Gasteiger partial charge in [0.05, 0.1) is 0 Å². The monoisotopic (exact) mass is 184 g/mol. The van der Waals surface area contributed by atoms with E-state index in [4.69, 9.17) is 0 Å². The molecular weight excluding hydrogens is 170 g/mol. The lowest BCUT2D eigenvalue weighted by Gasteiger charge is -2.13. The molecule has 0 aliphatic carbocycles. The molecule has 1 rings (SSSR count). The molecule has 0 radical (unpaired) electrons. The molecule has 0 heterocycles. The van der Waals surface area contributed by atoms with Crippen LogP contribution in [0.3, 0.4) is 0 Å².